The van der Waals surface area contributed by atoms with E-state index in [1.165, 1.54) is 0 Å². The van der Waals surface area contributed by atoms with Gasteiger partial charge < -0.3 is 14.5 Å². The van der Waals surface area contributed by atoms with Crippen LogP contribution in [0.15, 0.2) is 40.4 Å². The third-order valence-corrected chi connectivity index (χ3v) is 4.86. The van der Waals surface area contributed by atoms with Crippen molar-refractivity contribution in [3.63, 3.8) is 0 Å². The Morgan fingerprint density at radius 3 is 2.70 bits per heavy atom. The average Bonchev–Trinajstić information content (AvgIpc) is 3.18. The Morgan fingerprint density at radius 2 is 2.00 bits per heavy atom. The van der Waals surface area contributed by atoms with Crippen LogP contribution in [0.3, 0.4) is 0 Å². The molecule has 8 heteroatoms. The van der Waals surface area contributed by atoms with Crippen molar-refractivity contribution in [1.29, 1.82) is 0 Å². The van der Waals surface area contributed by atoms with E-state index in [2.05, 4.69) is 12.2 Å². The molecule has 1 aromatic heterocycles. The average molecular weight is 425 g/mol. The first-order valence-electron chi connectivity index (χ1n) is 8.49. The molecule has 1 fully saturated rings. The molecule has 0 spiro atoms. The number of rotatable bonds is 7. The zero-order chi connectivity index (χ0) is 19.4. The third kappa shape index (κ3) is 4.64. The summed E-state index contributed by atoms with van der Waals surface area (Å²) < 4.78 is 11.4. The maximum Gasteiger partial charge on any atom is 0.276 e. The number of halogens is 2. The molecule has 0 bridgehead atoms. The Hall–Kier alpha value is -2.02. The fraction of sp³-hybridized carbons (Fsp3) is 0.263. The summed E-state index contributed by atoms with van der Waals surface area (Å²) in [6.07, 6.45) is 3.52. The maximum absolute atomic E-state index is 12.4. The van der Waals surface area contributed by atoms with Gasteiger partial charge in [0.15, 0.2) is 10.9 Å². The standard InChI is InChI=1S/C19H18Cl2N2O3S/c1-2-3-9-23-18(24)16(22-19(23)27)10-12-7-8-13(26-12)11-25-17-14(20)5-4-6-15(17)21/h4-8,10H,2-3,9,11H2,1H3,(H,22,27)/b16-10+. The first-order valence-corrected chi connectivity index (χ1v) is 9.66. The number of carbonyl (C=O) groups excluding carboxylic acids is 1. The summed E-state index contributed by atoms with van der Waals surface area (Å²) in [5.41, 5.74) is 0.395. The van der Waals surface area contributed by atoms with Crippen molar-refractivity contribution in [2.45, 2.75) is 26.4 Å². The summed E-state index contributed by atoms with van der Waals surface area (Å²) in [5, 5.41) is 4.21. The number of hydrogen-bond acceptors (Lipinski definition) is 4. The van der Waals surface area contributed by atoms with Crippen LogP contribution in [-0.2, 0) is 11.4 Å². The van der Waals surface area contributed by atoms with Crippen LogP contribution in [0.25, 0.3) is 6.08 Å². The molecule has 0 atom stereocenters. The van der Waals surface area contributed by atoms with Crippen molar-refractivity contribution in [2.75, 3.05) is 6.54 Å². The molecule has 1 aliphatic rings. The lowest BCUT2D eigenvalue weighted by atomic mass is 10.3. The molecular weight excluding hydrogens is 407 g/mol. The predicted molar refractivity (Wildman–Crippen MR) is 110 cm³/mol. The molecule has 0 radical (unpaired) electrons. The van der Waals surface area contributed by atoms with Gasteiger partial charge in [0.25, 0.3) is 5.91 Å². The van der Waals surface area contributed by atoms with Crippen molar-refractivity contribution in [3.05, 3.63) is 57.6 Å². The molecule has 142 valence electrons. The van der Waals surface area contributed by atoms with Gasteiger partial charge in [-0.2, -0.15) is 0 Å². The van der Waals surface area contributed by atoms with Crippen LogP contribution >= 0.6 is 35.4 Å². The van der Waals surface area contributed by atoms with Gasteiger partial charge in [0.2, 0.25) is 0 Å². The Labute approximate surface area is 172 Å². The quantitative estimate of drug-likeness (QED) is 0.499. The molecule has 3 rings (SSSR count). The molecule has 1 saturated heterocycles. The monoisotopic (exact) mass is 424 g/mol. The first kappa shape index (κ1) is 19.7. The second-order valence-corrected chi connectivity index (χ2v) is 7.14. The van der Waals surface area contributed by atoms with Crippen molar-refractivity contribution in [2.24, 2.45) is 0 Å². The van der Waals surface area contributed by atoms with Crippen LogP contribution in [0.1, 0.15) is 31.3 Å². The number of ether oxygens (including phenoxy) is 1. The van der Waals surface area contributed by atoms with Gasteiger partial charge in [-0.1, -0.05) is 42.6 Å². The summed E-state index contributed by atoms with van der Waals surface area (Å²) in [5.74, 6) is 1.36. The number of unbranched alkanes of at least 4 members (excludes halogenated alkanes) is 1. The lowest BCUT2D eigenvalue weighted by Gasteiger charge is -2.12. The minimum atomic E-state index is -0.148. The zero-order valence-corrected chi connectivity index (χ0v) is 17.0. The molecule has 2 aromatic rings. The Kier molecular flexibility index (Phi) is 6.42. The number of furan rings is 1. The van der Waals surface area contributed by atoms with Crippen LogP contribution in [0.5, 0.6) is 5.75 Å². The first-order chi connectivity index (χ1) is 13.0. The van der Waals surface area contributed by atoms with Crippen LogP contribution in [-0.4, -0.2) is 22.5 Å². The second kappa shape index (κ2) is 8.78. The van der Waals surface area contributed by atoms with Crippen molar-refractivity contribution < 1.29 is 13.9 Å². The number of nitrogens with zero attached hydrogens (tertiary/aromatic N) is 1. The molecule has 1 N–H and O–H groups in total. The predicted octanol–water partition coefficient (Wildman–Crippen LogP) is 5.02. The second-order valence-electron chi connectivity index (χ2n) is 5.94. The Morgan fingerprint density at radius 1 is 1.26 bits per heavy atom. The number of amides is 1. The molecule has 5 nitrogen and oxygen atoms in total. The lowest BCUT2D eigenvalue weighted by Crippen LogP contribution is -2.31. The number of thiocarbonyl (C=S) groups is 1. The van der Waals surface area contributed by atoms with Crippen molar-refractivity contribution >= 4 is 52.5 Å². The molecule has 1 aliphatic heterocycles. The third-order valence-electron chi connectivity index (χ3n) is 3.94. The van der Waals surface area contributed by atoms with Gasteiger partial charge >= 0.3 is 0 Å². The minimum Gasteiger partial charge on any atom is -0.483 e. The van der Waals surface area contributed by atoms with Gasteiger partial charge in [0.05, 0.1) is 10.0 Å². The van der Waals surface area contributed by atoms with E-state index in [0.717, 1.165) is 12.8 Å². The fourth-order valence-electron chi connectivity index (χ4n) is 2.55. The van der Waals surface area contributed by atoms with Crippen molar-refractivity contribution in [3.8, 4) is 5.75 Å². The van der Waals surface area contributed by atoms with Gasteiger partial charge in [0, 0.05) is 12.6 Å². The highest BCUT2D eigenvalue weighted by Gasteiger charge is 2.30. The lowest BCUT2D eigenvalue weighted by molar-refractivity contribution is -0.122. The number of benzene rings is 1. The summed E-state index contributed by atoms with van der Waals surface area (Å²) in [6.45, 7) is 2.83. The van der Waals surface area contributed by atoms with Gasteiger partial charge in [-0.3, -0.25) is 9.69 Å². The molecule has 1 aromatic carbocycles. The van der Waals surface area contributed by atoms with Gasteiger partial charge in [-0.05, 0) is 42.9 Å². The highest BCUT2D eigenvalue weighted by molar-refractivity contribution is 7.80. The largest absolute Gasteiger partial charge is 0.483 e. The summed E-state index contributed by atoms with van der Waals surface area (Å²) in [7, 11) is 0. The Bertz CT molecular complexity index is 875. The van der Waals surface area contributed by atoms with Crippen LogP contribution in [0, 0.1) is 0 Å². The van der Waals surface area contributed by atoms with Gasteiger partial charge in [-0.25, -0.2) is 0 Å². The van der Waals surface area contributed by atoms with E-state index in [9.17, 15) is 4.79 Å². The molecular formula is C19H18Cl2N2O3S. The van der Waals surface area contributed by atoms with E-state index in [4.69, 9.17) is 44.6 Å². The molecule has 1 amide bonds. The van der Waals surface area contributed by atoms with Gasteiger partial charge in [-0.15, -0.1) is 0 Å². The molecule has 0 saturated carbocycles. The van der Waals surface area contributed by atoms with E-state index in [1.807, 2.05) is 0 Å². The van der Waals surface area contributed by atoms with E-state index in [1.54, 1.807) is 41.3 Å². The van der Waals surface area contributed by atoms with Crippen LogP contribution in [0.4, 0.5) is 0 Å². The molecule has 27 heavy (non-hydrogen) atoms. The smallest absolute Gasteiger partial charge is 0.276 e. The number of nitrogens with one attached hydrogen (secondary N) is 1. The number of carbonyl (C=O) groups is 1. The molecule has 2 heterocycles. The highest BCUT2D eigenvalue weighted by Crippen LogP contribution is 2.33. The summed E-state index contributed by atoms with van der Waals surface area (Å²) in [6, 6.07) is 8.67. The summed E-state index contributed by atoms with van der Waals surface area (Å²) in [4.78, 5) is 14.0. The van der Waals surface area contributed by atoms with Crippen molar-refractivity contribution in [1.82, 2.24) is 10.2 Å². The van der Waals surface area contributed by atoms with E-state index in [-0.39, 0.29) is 12.5 Å². The SMILES string of the molecule is CCCCN1C(=O)/C(=C\c2ccc(COc3c(Cl)cccc3Cl)o2)NC1=S. The number of para-hydroxylation sites is 1. The van der Waals surface area contributed by atoms with Crippen LogP contribution in [0.2, 0.25) is 10.0 Å². The topological polar surface area (TPSA) is 54.7 Å². The van der Waals surface area contributed by atoms with E-state index in [0.29, 0.717) is 44.7 Å². The van der Waals surface area contributed by atoms with E-state index >= 15 is 0 Å². The maximum atomic E-state index is 12.4. The minimum absolute atomic E-state index is 0.148. The fourth-order valence-corrected chi connectivity index (χ4v) is 3.34. The normalized spacial score (nSPS) is 15.5. The molecule has 0 aliphatic carbocycles. The number of hydrogen-bond donors (Lipinski definition) is 1. The summed E-state index contributed by atoms with van der Waals surface area (Å²) >= 11 is 17.4. The zero-order valence-electron chi connectivity index (χ0n) is 14.6. The highest BCUT2D eigenvalue weighted by atomic mass is 35.5. The van der Waals surface area contributed by atoms with Gasteiger partial charge in [0.1, 0.15) is 23.8 Å². The Balaban J connectivity index is 1.67. The molecule has 0 unspecified atom stereocenters. The van der Waals surface area contributed by atoms with E-state index < -0.39 is 0 Å². The van der Waals surface area contributed by atoms with Crippen LogP contribution < -0.4 is 10.1 Å².